The van der Waals surface area contributed by atoms with Gasteiger partial charge < -0.3 is 5.32 Å². The Labute approximate surface area is 135 Å². The first kappa shape index (κ1) is 16.8. The Balaban J connectivity index is 1.79. The van der Waals surface area contributed by atoms with E-state index in [1.807, 2.05) is 12.3 Å². The summed E-state index contributed by atoms with van der Waals surface area (Å²) in [6.07, 6.45) is 0.848. The first-order chi connectivity index (χ1) is 10.6. The van der Waals surface area contributed by atoms with Gasteiger partial charge in [0.1, 0.15) is 11.6 Å². The molecule has 1 heterocycles. The van der Waals surface area contributed by atoms with Crippen LogP contribution in [0.2, 0.25) is 0 Å². The summed E-state index contributed by atoms with van der Waals surface area (Å²) >= 11 is 1.53. The Morgan fingerprint density at radius 1 is 1.41 bits per heavy atom. The van der Waals surface area contributed by atoms with Crippen molar-refractivity contribution in [2.75, 3.05) is 5.75 Å². The lowest BCUT2D eigenvalue weighted by Crippen LogP contribution is -2.28. The second-order valence-electron chi connectivity index (χ2n) is 4.68. The van der Waals surface area contributed by atoms with Gasteiger partial charge >= 0.3 is 0 Å². The number of halogens is 1. The summed E-state index contributed by atoms with van der Waals surface area (Å²) in [5.74, 6) is -0.553. The number of aryl methyl sites for hydroxylation is 1. The smallest absolute Gasteiger partial charge is 0.232 e. The van der Waals surface area contributed by atoms with Crippen molar-refractivity contribution in [1.82, 2.24) is 10.3 Å². The zero-order valence-corrected chi connectivity index (χ0v) is 13.8. The quantitative estimate of drug-likeness (QED) is 0.842. The first-order valence-electron chi connectivity index (χ1n) is 6.87. The molecule has 0 saturated carbocycles. The number of nitrogens with one attached hydrogen (secondary N) is 1. The fourth-order valence-corrected chi connectivity index (χ4v) is 3.65. The number of aromatic nitrogens is 1. The molecule has 1 aromatic carbocycles. The van der Waals surface area contributed by atoms with Gasteiger partial charge in [0.05, 0.1) is 16.5 Å². The molecule has 1 amide bonds. The van der Waals surface area contributed by atoms with Gasteiger partial charge in [0.25, 0.3) is 0 Å². The molecule has 1 N–H and O–H groups in total. The fraction of sp³-hybridized carbons (Fsp3) is 0.333. The Morgan fingerprint density at radius 3 is 2.86 bits per heavy atom. The summed E-state index contributed by atoms with van der Waals surface area (Å²) in [6, 6.07) is 6.24. The third-order valence-electron chi connectivity index (χ3n) is 2.94. The third kappa shape index (κ3) is 4.99. The number of amides is 1. The minimum atomic E-state index is -1.31. The van der Waals surface area contributed by atoms with Crippen LogP contribution in [0.15, 0.2) is 29.6 Å². The fourth-order valence-electron chi connectivity index (χ4n) is 1.83. The number of thiazole rings is 1. The van der Waals surface area contributed by atoms with Crippen molar-refractivity contribution >= 4 is 28.0 Å². The van der Waals surface area contributed by atoms with Crippen LogP contribution in [0.3, 0.4) is 0 Å². The van der Waals surface area contributed by atoms with E-state index in [9.17, 15) is 13.4 Å². The van der Waals surface area contributed by atoms with E-state index >= 15 is 0 Å². The number of carbonyl (C=O) groups is 1. The van der Waals surface area contributed by atoms with Crippen molar-refractivity contribution in [3.63, 3.8) is 0 Å². The minimum absolute atomic E-state index is 0.0966. The summed E-state index contributed by atoms with van der Waals surface area (Å²) in [5, 5.41) is 5.45. The second kappa shape index (κ2) is 8.14. The lowest BCUT2D eigenvalue weighted by molar-refractivity contribution is -0.118. The van der Waals surface area contributed by atoms with Crippen LogP contribution in [0.5, 0.6) is 0 Å². The summed E-state index contributed by atoms with van der Waals surface area (Å²) in [4.78, 5) is 16.1. The Kier molecular flexibility index (Phi) is 6.21. The number of nitrogens with zero attached hydrogens (tertiary/aromatic N) is 1. The zero-order valence-electron chi connectivity index (χ0n) is 12.2. The molecule has 7 heteroatoms. The summed E-state index contributed by atoms with van der Waals surface area (Å²) < 4.78 is 25.3. The highest BCUT2D eigenvalue weighted by molar-refractivity contribution is 7.84. The van der Waals surface area contributed by atoms with Crippen LogP contribution in [0.1, 0.15) is 23.2 Å². The molecular weight excluding hydrogens is 323 g/mol. The molecule has 1 atom stereocenters. The minimum Gasteiger partial charge on any atom is -0.351 e. The Hall–Kier alpha value is -1.60. The topological polar surface area (TPSA) is 59.1 Å². The maximum atomic E-state index is 13.4. The average molecular weight is 340 g/mol. The number of rotatable bonds is 7. The molecule has 4 nitrogen and oxygen atoms in total. The standard InChI is InChI=1S/C15H17FN2O2S2/c1-2-15-18-12(8-21-15)9-22(20)10-14(19)17-7-11-5-3-4-6-13(11)16/h3-6,8H,2,7,9-10H2,1H3,(H,17,19)/t22-/m0/s1. The van der Waals surface area contributed by atoms with Crippen LogP contribution < -0.4 is 5.32 Å². The van der Waals surface area contributed by atoms with Crippen molar-refractivity contribution in [3.05, 3.63) is 51.7 Å². The predicted octanol–water partition coefficient (Wildman–Crippen LogP) is 2.41. The predicted molar refractivity (Wildman–Crippen MR) is 86.5 cm³/mol. The molecule has 0 bridgehead atoms. The number of hydrogen-bond acceptors (Lipinski definition) is 4. The third-order valence-corrected chi connectivity index (χ3v) is 5.18. The van der Waals surface area contributed by atoms with E-state index in [1.165, 1.54) is 17.4 Å². The Bertz CT molecular complexity index is 673. The molecule has 0 saturated heterocycles. The van der Waals surface area contributed by atoms with Gasteiger partial charge in [-0.2, -0.15) is 0 Å². The lowest BCUT2D eigenvalue weighted by Gasteiger charge is -2.06. The highest BCUT2D eigenvalue weighted by atomic mass is 32.2. The van der Waals surface area contributed by atoms with Crippen LogP contribution in [0.4, 0.5) is 4.39 Å². The Morgan fingerprint density at radius 2 is 2.18 bits per heavy atom. The van der Waals surface area contributed by atoms with Gasteiger partial charge in [-0.1, -0.05) is 25.1 Å². The second-order valence-corrected chi connectivity index (χ2v) is 7.08. The molecule has 0 aliphatic rings. The van der Waals surface area contributed by atoms with E-state index in [2.05, 4.69) is 10.3 Å². The molecule has 2 rings (SSSR count). The van der Waals surface area contributed by atoms with E-state index in [1.54, 1.807) is 18.2 Å². The molecule has 2 aromatic rings. The summed E-state index contributed by atoms with van der Waals surface area (Å²) in [6.45, 7) is 2.11. The highest BCUT2D eigenvalue weighted by Gasteiger charge is 2.11. The number of carbonyl (C=O) groups excluding carboxylic acids is 1. The molecule has 0 fully saturated rings. The van der Waals surface area contributed by atoms with E-state index in [-0.39, 0.29) is 29.8 Å². The van der Waals surface area contributed by atoms with Crippen molar-refractivity contribution in [2.45, 2.75) is 25.6 Å². The molecule has 0 aliphatic heterocycles. The van der Waals surface area contributed by atoms with Crippen molar-refractivity contribution in [2.24, 2.45) is 0 Å². The van der Waals surface area contributed by atoms with Crippen LogP contribution in [-0.2, 0) is 34.3 Å². The molecule has 0 radical (unpaired) electrons. The van der Waals surface area contributed by atoms with Gasteiger partial charge in [-0.25, -0.2) is 9.37 Å². The lowest BCUT2D eigenvalue weighted by atomic mass is 10.2. The van der Waals surface area contributed by atoms with E-state index in [4.69, 9.17) is 0 Å². The van der Waals surface area contributed by atoms with Crippen LogP contribution in [0.25, 0.3) is 0 Å². The monoisotopic (exact) mass is 340 g/mol. The number of hydrogen-bond donors (Lipinski definition) is 1. The van der Waals surface area contributed by atoms with Crippen LogP contribution >= 0.6 is 11.3 Å². The van der Waals surface area contributed by atoms with Gasteiger partial charge in [0, 0.05) is 28.3 Å². The van der Waals surface area contributed by atoms with Gasteiger partial charge in [0.2, 0.25) is 5.91 Å². The summed E-state index contributed by atoms with van der Waals surface area (Å²) in [7, 11) is -1.31. The van der Waals surface area contributed by atoms with Crippen LogP contribution in [-0.4, -0.2) is 20.9 Å². The normalized spacial score (nSPS) is 12.1. The summed E-state index contributed by atoms with van der Waals surface area (Å²) in [5.41, 5.74) is 1.16. The van der Waals surface area contributed by atoms with Gasteiger partial charge in [-0.15, -0.1) is 11.3 Å². The van der Waals surface area contributed by atoms with Crippen LogP contribution in [0, 0.1) is 5.82 Å². The van der Waals surface area contributed by atoms with Crippen molar-refractivity contribution in [3.8, 4) is 0 Å². The van der Waals surface area contributed by atoms with Crippen molar-refractivity contribution < 1.29 is 13.4 Å². The molecular formula is C15H17FN2O2S2. The van der Waals surface area contributed by atoms with E-state index < -0.39 is 10.8 Å². The SMILES string of the molecule is CCc1nc(C[S@](=O)CC(=O)NCc2ccccc2F)cs1. The average Bonchev–Trinajstić information content (AvgIpc) is 2.93. The molecule has 1 aromatic heterocycles. The van der Waals surface area contributed by atoms with Crippen molar-refractivity contribution in [1.29, 1.82) is 0 Å². The maximum Gasteiger partial charge on any atom is 0.232 e. The molecule has 0 spiro atoms. The maximum absolute atomic E-state index is 13.4. The number of benzene rings is 1. The molecule has 118 valence electrons. The zero-order chi connectivity index (χ0) is 15.9. The molecule has 22 heavy (non-hydrogen) atoms. The largest absolute Gasteiger partial charge is 0.351 e. The van der Waals surface area contributed by atoms with Gasteiger partial charge in [-0.05, 0) is 12.5 Å². The van der Waals surface area contributed by atoms with Gasteiger partial charge in [0.15, 0.2) is 0 Å². The van der Waals surface area contributed by atoms with E-state index in [0.717, 1.165) is 17.1 Å². The molecule has 0 unspecified atom stereocenters. The van der Waals surface area contributed by atoms with Gasteiger partial charge in [-0.3, -0.25) is 9.00 Å². The van der Waals surface area contributed by atoms with E-state index in [0.29, 0.717) is 5.56 Å². The highest BCUT2D eigenvalue weighted by Crippen LogP contribution is 2.12. The first-order valence-corrected chi connectivity index (χ1v) is 9.23. The molecule has 0 aliphatic carbocycles.